The Morgan fingerprint density at radius 3 is 2.86 bits per heavy atom. The second-order valence-electron chi connectivity index (χ2n) is 3.25. The summed E-state index contributed by atoms with van der Waals surface area (Å²) in [5, 5.41) is 13.2. The second kappa shape index (κ2) is 5.93. The normalized spacial score (nSPS) is 10.9. The van der Waals surface area contributed by atoms with E-state index in [4.69, 9.17) is 4.74 Å². The van der Waals surface area contributed by atoms with Crippen LogP contribution in [0.4, 0.5) is 5.13 Å². The molecule has 1 aromatic rings. The van der Waals surface area contributed by atoms with E-state index in [1.165, 1.54) is 0 Å². The first-order chi connectivity index (χ1) is 6.72. The van der Waals surface area contributed by atoms with Crippen LogP contribution in [0.1, 0.15) is 25.8 Å². The van der Waals surface area contributed by atoms with Gasteiger partial charge >= 0.3 is 0 Å². The maximum atomic E-state index is 5.25. The van der Waals surface area contributed by atoms with Crippen LogP contribution in [-0.2, 0) is 11.2 Å². The van der Waals surface area contributed by atoms with Gasteiger partial charge < -0.3 is 10.1 Å². The molecule has 0 fully saturated rings. The van der Waals surface area contributed by atoms with Gasteiger partial charge in [0.25, 0.3) is 0 Å². The number of anilines is 1. The zero-order valence-corrected chi connectivity index (χ0v) is 9.73. The van der Waals surface area contributed by atoms with E-state index in [1.54, 1.807) is 11.3 Å². The lowest BCUT2D eigenvalue weighted by Gasteiger charge is -2.03. The van der Waals surface area contributed by atoms with Crippen molar-refractivity contribution in [1.29, 1.82) is 0 Å². The van der Waals surface area contributed by atoms with Gasteiger partial charge in [0.05, 0.1) is 6.61 Å². The van der Waals surface area contributed by atoms with E-state index in [1.807, 2.05) is 6.92 Å². The van der Waals surface area contributed by atoms with E-state index in [0.29, 0.717) is 6.04 Å². The van der Waals surface area contributed by atoms with E-state index >= 15 is 0 Å². The van der Waals surface area contributed by atoms with E-state index < -0.39 is 0 Å². The van der Waals surface area contributed by atoms with Crippen LogP contribution >= 0.6 is 11.3 Å². The average Bonchev–Trinajstić information content (AvgIpc) is 2.52. The molecule has 0 unspecified atom stereocenters. The monoisotopic (exact) mass is 215 g/mol. The molecule has 4 nitrogen and oxygen atoms in total. The van der Waals surface area contributed by atoms with Crippen molar-refractivity contribution in [2.24, 2.45) is 0 Å². The first-order valence-electron chi connectivity index (χ1n) is 4.89. The van der Waals surface area contributed by atoms with E-state index in [0.717, 1.165) is 29.8 Å². The summed E-state index contributed by atoms with van der Waals surface area (Å²) in [6.07, 6.45) is 0.852. The van der Waals surface area contributed by atoms with Crippen molar-refractivity contribution in [3.05, 3.63) is 5.01 Å². The zero-order valence-electron chi connectivity index (χ0n) is 8.91. The summed E-state index contributed by atoms with van der Waals surface area (Å²) in [5.41, 5.74) is 0. The molecule has 0 amide bonds. The quantitative estimate of drug-likeness (QED) is 0.737. The van der Waals surface area contributed by atoms with Gasteiger partial charge in [-0.3, -0.25) is 0 Å². The highest BCUT2D eigenvalue weighted by Gasteiger charge is 2.04. The molecule has 14 heavy (non-hydrogen) atoms. The van der Waals surface area contributed by atoms with Gasteiger partial charge in [-0.1, -0.05) is 11.3 Å². The van der Waals surface area contributed by atoms with Crippen LogP contribution in [0.2, 0.25) is 0 Å². The highest BCUT2D eigenvalue weighted by Crippen LogP contribution is 2.16. The molecular weight excluding hydrogens is 198 g/mol. The van der Waals surface area contributed by atoms with Crippen molar-refractivity contribution in [3.63, 3.8) is 0 Å². The molecule has 1 N–H and O–H groups in total. The molecule has 0 radical (unpaired) electrons. The Hall–Kier alpha value is -0.680. The summed E-state index contributed by atoms with van der Waals surface area (Å²) in [6, 6.07) is 0.405. The van der Waals surface area contributed by atoms with Crippen LogP contribution in [0.3, 0.4) is 0 Å². The first kappa shape index (κ1) is 11.4. The predicted octanol–water partition coefficient (Wildman–Crippen LogP) is 1.94. The Kier molecular flexibility index (Phi) is 4.82. The van der Waals surface area contributed by atoms with Crippen LogP contribution in [0.5, 0.6) is 0 Å². The third-order valence-corrected chi connectivity index (χ3v) is 2.46. The minimum absolute atomic E-state index is 0.405. The van der Waals surface area contributed by atoms with Gasteiger partial charge in [0, 0.05) is 19.1 Å². The molecule has 0 saturated carbocycles. The van der Waals surface area contributed by atoms with Gasteiger partial charge in [-0.25, -0.2) is 0 Å². The largest absolute Gasteiger partial charge is 0.381 e. The Morgan fingerprint density at radius 2 is 2.21 bits per heavy atom. The van der Waals surface area contributed by atoms with Crippen molar-refractivity contribution >= 4 is 16.5 Å². The second-order valence-corrected chi connectivity index (χ2v) is 4.31. The number of rotatable bonds is 6. The van der Waals surface area contributed by atoms with Crippen molar-refractivity contribution in [2.45, 2.75) is 33.2 Å². The van der Waals surface area contributed by atoms with Crippen LogP contribution in [-0.4, -0.2) is 29.5 Å². The Labute approximate surface area is 88.7 Å². The molecule has 1 aromatic heterocycles. The molecule has 0 aliphatic carbocycles. The van der Waals surface area contributed by atoms with Crippen LogP contribution in [0.25, 0.3) is 0 Å². The van der Waals surface area contributed by atoms with E-state index in [9.17, 15) is 0 Å². The fraction of sp³-hybridized carbons (Fsp3) is 0.778. The van der Waals surface area contributed by atoms with Crippen molar-refractivity contribution < 1.29 is 4.74 Å². The minimum Gasteiger partial charge on any atom is -0.381 e. The third-order valence-electron chi connectivity index (χ3n) is 1.54. The lowest BCUT2D eigenvalue weighted by atomic mass is 10.4. The Morgan fingerprint density at radius 1 is 1.43 bits per heavy atom. The van der Waals surface area contributed by atoms with Gasteiger partial charge in [-0.05, 0) is 20.8 Å². The molecule has 0 bridgehead atoms. The molecule has 0 saturated heterocycles. The highest BCUT2D eigenvalue weighted by molar-refractivity contribution is 7.15. The standard InChI is InChI=1S/C9H17N3OS/c1-4-13-6-5-8-11-12-9(14-8)10-7(2)3/h7H,4-6H2,1-3H3,(H,10,12). The van der Waals surface area contributed by atoms with Crippen molar-refractivity contribution in [1.82, 2.24) is 10.2 Å². The lowest BCUT2D eigenvalue weighted by molar-refractivity contribution is 0.150. The topological polar surface area (TPSA) is 47.0 Å². The first-order valence-corrected chi connectivity index (χ1v) is 5.70. The molecule has 1 heterocycles. The van der Waals surface area contributed by atoms with Crippen LogP contribution in [0.15, 0.2) is 0 Å². The Balaban J connectivity index is 2.35. The predicted molar refractivity (Wildman–Crippen MR) is 58.9 cm³/mol. The molecule has 0 aliphatic rings. The van der Waals surface area contributed by atoms with Gasteiger partial charge in [0.15, 0.2) is 0 Å². The van der Waals surface area contributed by atoms with E-state index in [2.05, 4.69) is 29.4 Å². The molecule has 1 rings (SSSR count). The average molecular weight is 215 g/mol. The molecule has 80 valence electrons. The summed E-state index contributed by atoms with van der Waals surface area (Å²) < 4.78 is 5.25. The van der Waals surface area contributed by atoms with Gasteiger partial charge in [0.2, 0.25) is 5.13 Å². The molecule has 0 spiro atoms. The highest BCUT2D eigenvalue weighted by atomic mass is 32.1. The smallest absolute Gasteiger partial charge is 0.205 e. The molecular formula is C9H17N3OS. The summed E-state index contributed by atoms with van der Waals surface area (Å²) in [6.45, 7) is 7.65. The Bertz CT molecular complexity index is 262. The maximum Gasteiger partial charge on any atom is 0.205 e. The maximum absolute atomic E-state index is 5.25. The lowest BCUT2D eigenvalue weighted by Crippen LogP contribution is -2.08. The number of nitrogens with zero attached hydrogens (tertiary/aromatic N) is 2. The van der Waals surface area contributed by atoms with Crippen LogP contribution < -0.4 is 5.32 Å². The van der Waals surface area contributed by atoms with Gasteiger partial charge in [0.1, 0.15) is 5.01 Å². The summed E-state index contributed by atoms with van der Waals surface area (Å²) in [4.78, 5) is 0. The van der Waals surface area contributed by atoms with Gasteiger partial charge in [-0.2, -0.15) is 0 Å². The van der Waals surface area contributed by atoms with Crippen LogP contribution in [0, 0.1) is 0 Å². The summed E-state index contributed by atoms with van der Waals surface area (Å²) in [7, 11) is 0. The molecule has 0 aliphatic heterocycles. The minimum atomic E-state index is 0.405. The summed E-state index contributed by atoms with van der Waals surface area (Å²) >= 11 is 1.60. The number of hydrogen-bond donors (Lipinski definition) is 1. The van der Waals surface area contributed by atoms with Gasteiger partial charge in [-0.15, -0.1) is 10.2 Å². The van der Waals surface area contributed by atoms with Crippen molar-refractivity contribution in [2.75, 3.05) is 18.5 Å². The summed E-state index contributed by atoms with van der Waals surface area (Å²) in [5.74, 6) is 0. The third kappa shape index (κ3) is 4.02. The number of aromatic nitrogens is 2. The zero-order chi connectivity index (χ0) is 10.4. The number of hydrogen-bond acceptors (Lipinski definition) is 5. The molecule has 0 aromatic carbocycles. The van der Waals surface area contributed by atoms with Crippen molar-refractivity contribution in [3.8, 4) is 0 Å². The fourth-order valence-corrected chi connectivity index (χ4v) is 1.83. The number of nitrogens with one attached hydrogen (secondary N) is 1. The SMILES string of the molecule is CCOCCc1nnc(NC(C)C)s1. The molecule has 5 heteroatoms. The number of ether oxygens (including phenoxy) is 1. The van der Waals surface area contributed by atoms with E-state index in [-0.39, 0.29) is 0 Å². The molecule has 0 atom stereocenters. The fourth-order valence-electron chi connectivity index (χ4n) is 0.964.